The number of anilines is 1. The zero-order valence-electron chi connectivity index (χ0n) is 12.5. The molecule has 1 aromatic carbocycles. The van der Waals surface area contributed by atoms with Crippen molar-refractivity contribution in [3.63, 3.8) is 0 Å². The van der Waals surface area contributed by atoms with Gasteiger partial charge in [0.2, 0.25) is 0 Å². The molecule has 2 aromatic rings. The van der Waals surface area contributed by atoms with Crippen LogP contribution in [0.5, 0.6) is 0 Å². The van der Waals surface area contributed by atoms with Crippen LogP contribution < -0.4 is 10.6 Å². The minimum atomic E-state index is 0.0980. The number of amidine groups is 1. The lowest BCUT2D eigenvalue weighted by molar-refractivity contribution is 0.395. The zero-order valence-corrected chi connectivity index (χ0v) is 12.5. The van der Waals surface area contributed by atoms with Gasteiger partial charge in [0.15, 0.2) is 0 Å². The normalized spacial score (nSPS) is 16.3. The molecule has 4 heteroatoms. The third-order valence-corrected chi connectivity index (χ3v) is 4.55. The Hall–Kier alpha value is -2.10. The molecule has 1 fully saturated rings. The van der Waals surface area contributed by atoms with Crippen molar-refractivity contribution in [1.82, 2.24) is 4.98 Å². The molecule has 0 spiro atoms. The number of fused-ring (bicyclic) bond motifs is 1. The number of nitrogen functional groups attached to an aromatic ring is 1. The Kier molecular flexibility index (Phi) is 3.78. The van der Waals surface area contributed by atoms with Crippen LogP contribution in [-0.2, 0) is 0 Å². The van der Waals surface area contributed by atoms with E-state index < -0.39 is 0 Å². The maximum Gasteiger partial charge on any atom is 0.126 e. The highest BCUT2D eigenvalue weighted by atomic mass is 15.1. The van der Waals surface area contributed by atoms with Crippen LogP contribution in [0.4, 0.5) is 5.69 Å². The van der Waals surface area contributed by atoms with E-state index in [1.807, 2.05) is 18.2 Å². The molecule has 2 heterocycles. The summed E-state index contributed by atoms with van der Waals surface area (Å²) in [5, 5.41) is 8.95. The predicted molar refractivity (Wildman–Crippen MR) is 88.0 cm³/mol. The van der Waals surface area contributed by atoms with Gasteiger partial charge >= 0.3 is 0 Å². The highest BCUT2D eigenvalue weighted by molar-refractivity contribution is 6.07. The van der Waals surface area contributed by atoms with Gasteiger partial charge in [0.25, 0.3) is 0 Å². The van der Waals surface area contributed by atoms with Crippen LogP contribution >= 0.6 is 0 Å². The molecule has 110 valence electrons. The molecule has 1 aliphatic heterocycles. The highest BCUT2D eigenvalue weighted by Crippen LogP contribution is 2.33. The molecule has 3 N–H and O–H groups in total. The van der Waals surface area contributed by atoms with E-state index in [0.29, 0.717) is 0 Å². The van der Waals surface area contributed by atoms with Crippen molar-refractivity contribution in [2.24, 2.45) is 11.7 Å². The van der Waals surface area contributed by atoms with E-state index in [0.717, 1.165) is 41.2 Å². The molecule has 21 heavy (non-hydrogen) atoms. The minimum absolute atomic E-state index is 0.0980. The van der Waals surface area contributed by atoms with Crippen molar-refractivity contribution in [2.45, 2.75) is 26.2 Å². The number of aromatic nitrogens is 1. The smallest absolute Gasteiger partial charge is 0.126 e. The number of nitrogens with one attached hydrogen (secondary N) is 1. The fraction of sp³-hybridized carbons (Fsp3) is 0.412. The van der Waals surface area contributed by atoms with E-state index in [4.69, 9.17) is 11.1 Å². The minimum Gasteiger partial charge on any atom is -0.384 e. The van der Waals surface area contributed by atoms with Crippen LogP contribution in [0.2, 0.25) is 0 Å². The predicted octanol–water partition coefficient (Wildman–Crippen LogP) is 3.15. The Bertz CT molecular complexity index is 657. The Balaban J connectivity index is 2.07. The molecule has 3 rings (SSSR count). The number of nitrogens with two attached hydrogens (primary N) is 1. The van der Waals surface area contributed by atoms with Crippen LogP contribution in [0.1, 0.15) is 31.7 Å². The first-order valence-electron chi connectivity index (χ1n) is 7.67. The first kappa shape index (κ1) is 13.9. The number of para-hydroxylation sites is 1. The maximum absolute atomic E-state index is 7.86. The van der Waals surface area contributed by atoms with Gasteiger partial charge in [0.05, 0.1) is 16.8 Å². The van der Waals surface area contributed by atoms with Gasteiger partial charge in [0, 0.05) is 24.7 Å². The highest BCUT2D eigenvalue weighted by Gasteiger charge is 2.22. The molecular weight excluding hydrogens is 260 g/mol. The number of pyridine rings is 1. The summed E-state index contributed by atoms with van der Waals surface area (Å²) in [5.74, 6) is 0.927. The van der Waals surface area contributed by atoms with E-state index in [-0.39, 0.29) is 5.84 Å². The molecule has 0 amide bonds. The van der Waals surface area contributed by atoms with E-state index in [1.54, 1.807) is 6.20 Å². The lowest BCUT2D eigenvalue weighted by Gasteiger charge is -2.35. The van der Waals surface area contributed by atoms with Crippen LogP contribution in [-0.4, -0.2) is 23.9 Å². The third-order valence-electron chi connectivity index (χ3n) is 4.55. The van der Waals surface area contributed by atoms with Gasteiger partial charge in [-0.1, -0.05) is 31.5 Å². The lowest BCUT2D eigenvalue weighted by atomic mass is 9.93. The summed E-state index contributed by atoms with van der Waals surface area (Å²) in [4.78, 5) is 6.82. The topological polar surface area (TPSA) is 66.0 Å². The Morgan fingerprint density at radius 1 is 1.33 bits per heavy atom. The van der Waals surface area contributed by atoms with Crippen molar-refractivity contribution >= 4 is 22.4 Å². The fourth-order valence-corrected chi connectivity index (χ4v) is 3.23. The Morgan fingerprint density at radius 3 is 2.71 bits per heavy atom. The molecule has 0 radical (unpaired) electrons. The molecule has 0 atom stereocenters. The first-order valence-corrected chi connectivity index (χ1v) is 7.67. The summed E-state index contributed by atoms with van der Waals surface area (Å²) in [6.45, 7) is 4.34. The quantitative estimate of drug-likeness (QED) is 0.671. The summed E-state index contributed by atoms with van der Waals surface area (Å²) in [7, 11) is 0. The Morgan fingerprint density at radius 2 is 2.05 bits per heavy atom. The van der Waals surface area contributed by atoms with Gasteiger partial charge in [-0.25, -0.2) is 0 Å². The maximum atomic E-state index is 7.86. The summed E-state index contributed by atoms with van der Waals surface area (Å²) in [5.41, 5.74) is 8.59. The average Bonchev–Trinajstić information content (AvgIpc) is 2.53. The monoisotopic (exact) mass is 282 g/mol. The van der Waals surface area contributed by atoms with E-state index in [1.165, 1.54) is 19.3 Å². The van der Waals surface area contributed by atoms with E-state index >= 15 is 0 Å². The number of nitrogens with zero attached hydrogens (tertiary/aromatic N) is 2. The van der Waals surface area contributed by atoms with Crippen molar-refractivity contribution < 1.29 is 0 Å². The van der Waals surface area contributed by atoms with Crippen molar-refractivity contribution in [3.8, 4) is 0 Å². The summed E-state index contributed by atoms with van der Waals surface area (Å²) in [6, 6.07) is 8.11. The van der Waals surface area contributed by atoms with Crippen LogP contribution in [0.25, 0.3) is 10.9 Å². The third kappa shape index (κ3) is 2.58. The largest absolute Gasteiger partial charge is 0.384 e. The molecule has 0 unspecified atom stereocenters. The molecular formula is C17H22N4. The molecule has 1 aromatic heterocycles. The summed E-state index contributed by atoms with van der Waals surface area (Å²) < 4.78 is 0. The van der Waals surface area contributed by atoms with Crippen molar-refractivity contribution in [1.29, 1.82) is 5.41 Å². The average molecular weight is 282 g/mol. The SMILES string of the molecule is CCC1CCN(c2c(C(=N)N)cnc3ccccc23)CC1. The van der Waals surface area contributed by atoms with Gasteiger partial charge in [-0.2, -0.15) is 0 Å². The molecule has 1 aliphatic rings. The molecule has 0 saturated carbocycles. The van der Waals surface area contributed by atoms with Gasteiger partial charge < -0.3 is 10.6 Å². The number of piperidine rings is 1. The zero-order chi connectivity index (χ0) is 14.8. The number of hydrogen-bond donors (Lipinski definition) is 2. The van der Waals surface area contributed by atoms with Crippen LogP contribution in [0, 0.1) is 11.3 Å². The van der Waals surface area contributed by atoms with Crippen LogP contribution in [0.15, 0.2) is 30.5 Å². The number of rotatable bonds is 3. The number of benzene rings is 1. The summed E-state index contributed by atoms with van der Waals surface area (Å²) in [6.07, 6.45) is 5.42. The molecule has 0 aliphatic carbocycles. The lowest BCUT2D eigenvalue weighted by Crippen LogP contribution is -2.35. The van der Waals surface area contributed by atoms with Gasteiger partial charge in [-0.3, -0.25) is 10.4 Å². The second-order valence-corrected chi connectivity index (χ2v) is 5.79. The molecule has 4 nitrogen and oxygen atoms in total. The van der Waals surface area contributed by atoms with Crippen molar-refractivity contribution in [2.75, 3.05) is 18.0 Å². The first-order chi connectivity index (χ1) is 10.2. The van der Waals surface area contributed by atoms with Gasteiger partial charge in [0.1, 0.15) is 5.84 Å². The van der Waals surface area contributed by atoms with Crippen LogP contribution in [0.3, 0.4) is 0 Å². The van der Waals surface area contributed by atoms with E-state index in [2.05, 4.69) is 22.9 Å². The summed E-state index contributed by atoms with van der Waals surface area (Å²) >= 11 is 0. The van der Waals surface area contributed by atoms with Gasteiger partial charge in [-0.05, 0) is 24.8 Å². The molecule has 0 bridgehead atoms. The second kappa shape index (κ2) is 5.72. The van der Waals surface area contributed by atoms with Gasteiger partial charge in [-0.15, -0.1) is 0 Å². The second-order valence-electron chi connectivity index (χ2n) is 5.79. The van der Waals surface area contributed by atoms with Crippen molar-refractivity contribution in [3.05, 3.63) is 36.0 Å². The van der Waals surface area contributed by atoms with E-state index in [9.17, 15) is 0 Å². The number of hydrogen-bond acceptors (Lipinski definition) is 3. The Labute approximate surface area is 125 Å². The fourth-order valence-electron chi connectivity index (χ4n) is 3.23. The molecule has 1 saturated heterocycles. The standard InChI is InChI=1S/C17H22N4/c1-2-12-7-9-21(10-8-12)16-13-5-3-4-6-15(13)20-11-14(16)17(18)19/h3-6,11-12H,2,7-10H2,1H3,(H3,18,19).